The summed E-state index contributed by atoms with van der Waals surface area (Å²) in [5, 5.41) is 2.54. The number of nitrogens with one attached hydrogen (secondary N) is 1. The summed E-state index contributed by atoms with van der Waals surface area (Å²) in [6.45, 7) is 5.58. The maximum atomic E-state index is 14.6. The third-order valence-corrected chi connectivity index (χ3v) is 5.62. The average molecular weight is 440 g/mol. The topological polar surface area (TPSA) is 88.7 Å². The van der Waals surface area contributed by atoms with Crippen LogP contribution in [-0.4, -0.2) is 72.8 Å². The number of benzene rings is 1. The third kappa shape index (κ3) is 4.83. The van der Waals surface area contributed by atoms with Crippen LogP contribution in [0.2, 0.25) is 0 Å². The van der Waals surface area contributed by atoms with Gasteiger partial charge in [-0.25, -0.2) is 23.9 Å². The maximum Gasteiger partial charge on any atom is 0.251 e. The van der Waals surface area contributed by atoms with E-state index in [0.717, 1.165) is 37.6 Å². The van der Waals surface area contributed by atoms with Crippen molar-refractivity contribution in [3.8, 4) is 5.75 Å². The zero-order valence-corrected chi connectivity index (χ0v) is 18.5. The molecule has 1 amide bonds. The molecule has 1 saturated heterocycles. The Morgan fingerprint density at radius 2 is 2.03 bits per heavy atom. The first-order valence-electron chi connectivity index (χ1n) is 10.5. The Labute approximate surface area is 186 Å². The number of hydrogen-bond donors (Lipinski definition) is 1. The van der Waals surface area contributed by atoms with E-state index in [9.17, 15) is 9.18 Å². The minimum atomic E-state index is -0.462. The molecule has 0 unspecified atom stereocenters. The van der Waals surface area contributed by atoms with E-state index in [4.69, 9.17) is 9.47 Å². The molecule has 9 heteroatoms. The maximum absolute atomic E-state index is 14.6. The molecule has 4 rings (SSSR count). The molecule has 0 saturated carbocycles. The molecular formula is C23H27FN5O3+. The molecule has 0 aliphatic carbocycles. The van der Waals surface area contributed by atoms with Gasteiger partial charge in [0.05, 0.1) is 25.7 Å². The van der Waals surface area contributed by atoms with Gasteiger partial charge in [-0.1, -0.05) is 0 Å². The highest BCUT2D eigenvalue weighted by Gasteiger charge is 2.40. The quantitative estimate of drug-likeness (QED) is 0.634. The van der Waals surface area contributed by atoms with Crippen molar-refractivity contribution in [2.24, 2.45) is 10.4 Å². The van der Waals surface area contributed by atoms with E-state index in [2.05, 4.69) is 31.8 Å². The van der Waals surface area contributed by atoms with E-state index in [0.29, 0.717) is 29.9 Å². The standard InChI is InChI=1S/C23H26FN5O3/c1-23(13-32-14-23)12-29-10-18(11-29)28-22-26-8-15(9-27-22)4-5-16-6-17(21(30)25-2)7-19(31-3)20(16)24/h6-10H,4-5,11-14H2,1-3H3/p+1. The second-order valence-electron chi connectivity index (χ2n) is 8.56. The van der Waals surface area contributed by atoms with Crippen LogP contribution in [0.4, 0.5) is 10.3 Å². The zero-order chi connectivity index (χ0) is 22.7. The number of ether oxygens (including phenoxy) is 2. The number of rotatable bonds is 8. The Bertz CT molecular complexity index is 1080. The van der Waals surface area contributed by atoms with Crippen molar-refractivity contribution in [1.82, 2.24) is 15.3 Å². The molecule has 2 aliphatic rings. The largest absolute Gasteiger partial charge is 0.494 e. The number of aryl methyl sites for hydroxylation is 2. The van der Waals surface area contributed by atoms with Crippen molar-refractivity contribution < 1.29 is 23.2 Å². The Morgan fingerprint density at radius 1 is 1.31 bits per heavy atom. The van der Waals surface area contributed by atoms with Gasteiger partial charge in [0.2, 0.25) is 5.95 Å². The monoisotopic (exact) mass is 440 g/mol. The number of carbonyl (C=O) groups excluding carboxylic acids is 1. The van der Waals surface area contributed by atoms with Gasteiger partial charge in [0.1, 0.15) is 0 Å². The summed E-state index contributed by atoms with van der Waals surface area (Å²) in [5.41, 5.74) is 2.80. The molecule has 8 nitrogen and oxygen atoms in total. The number of hydrogen-bond acceptors (Lipinski definition) is 6. The number of aromatic nitrogens is 2. The van der Waals surface area contributed by atoms with Crippen molar-refractivity contribution in [1.29, 1.82) is 0 Å². The highest BCUT2D eigenvalue weighted by molar-refractivity contribution is 6.33. The second kappa shape index (κ2) is 9.12. The third-order valence-electron chi connectivity index (χ3n) is 5.62. The van der Waals surface area contributed by atoms with Crippen molar-refractivity contribution >= 4 is 23.8 Å². The normalized spacial score (nSPS) is 17.9. The van der Waals surface area contributed by atoms with Crippen LogP contribution in [0, 0.1) is 11.2 Å². The first-order chi connectivity index (χ1) is 15.4. The average Bonchev–Trinajstić information content (AvgIpc) is 2.76. The molecule has 2 aliphatic heterocycles. The van der Waals surface area contributed by atoms with Crippen LogP contribution in [-0.2, 0) is 17.6 Å². The van der Waals surface area contributed by atoms with E-state index in [1.54, 1.807) is 18.5 Å². The van der Waals surface area contributed by atoms with E-state index in [-0.39, 0.29) is 17.1 Å². The molecule has 168 valence electrons. The fourth-order valence-electron chi connectivity index (χ4n) is 3.79. The molecule has 32 heavy (non-hydrogen) atoms. The van der Waals surface area contributed by atoms with E-state index in [1.165, 1.54) is 20.2 Å². The number of aliphatic imine (C=N–C) groups is 1. The SMILES string of the molecule is CNC(=O)c1cc(CCc2cnc(N=C3C=[N+](CC4(C)COC4)C3)nc2)c(F)c(OC)c1. The van der Waals surface area contributed by atoms with Crippen LogP contribution in [0.5, 0.6) is 5.75 Å². The lowest BCUT2D eigenvalue weighted by atomic mass is 9.88. The lowest BCUT2D eigenvalue weighted by Gasteiger charge is -2.36. The van der Waals surface area contributed by atoms with Crippen LogP contribution in [0.25, 0.3) is 0 Å². The predicted molar refractivity (Wildman–Crippen MR) is 118 cm³/mol. The van der Waals surface area contributed by atoms with Gasteiger partial charge in [0, 0.05) is 25.0 Å². The summed E-state index contributed by atoms with van der Waals surface area (Å²) in [6, 6.07) is 2.94. The van der Waals surface area contributed by atoms with Crippen LogP contribution in [0.15, 0.2) is 29.5 Å². The molecule has 1 N–H and O–H groups in total. The molecule has 2 aromatic rings. The molecule has 0 atom stereocenters. The Kier molecular flexibility index (Phi) is 6.27. The lowest BCUT2D eigenvalue weighted by Crippen LogP contribution is -2.50. The van der Waals surface area contributed by atoms with Gasteiger partial charge in [0.15, 0.2) is 36.6 Å². The summed E-state index contributed by atoms with van der Waals surface area (Å²) in [4.78, 5) is 25.0. The van der Waals surface area contributed by atoms with Crippen LogP contribution in [0.3, 0.4) is 0 Å². The minimum Gasteiger partial charge on any atom is -0.494 e. The fourth-order valence-corrected chi connectivity index (χ4v) is 3.79. The summed E-state index contributed by atoms with van der Waals surface area (Å²) >= 11 is 0. The van der Waals surface area contributed by atoms with Gasteiger partial charge < -0.3 is 14.8 Å². The molecular weight excluding hydrogens is 413 g/mol. The molecule has 0 radical (unpaired) electrons. The first-order valence-corrected chi connectivity index (χ1v) is 10.5. The van der Waals surface area contributed by atoms with Gasteiger partial charge in [0.25, 0.3) is 5.91 Å². The summed E-state index contributed by atoms with van der Waals surface area (Å²) in [5.74, 6) is -0.297. The smallest absolute Gasteiger partial charge is 0.251 e. The van der Waals surface area contributed by atoms with E-state index < -0.39 is 5.82 Å². The minimum absolute atomic E-state index is 0.0492. The molecule has 1 fully saturated rings. The van der Waals surface area contributed by atoms with E-state index >= 15 is 0 Å². The highest BCUT2D eigenvalue weighted by Crippen LogP contribution is 2.27. The van der Waals surface area contributed by atoms with Crippen molar-refractivity contribution in [3.63, 3.8) is 0 Å². The zero-order valence-electron chi connectivity index (χ0n) is 18.5. The number of nitrogens with zero attached hydrogens (tertiary/aromatic N) is 4. The van der Waals surface area contributed by atoms with Gasteiger partial charge in [-0.05, 0) is 43.0 Å². The number of methoxy groups -OCH3 is 1. The second-order valence-corrected chi connectivity index (χ2v) is 8.56. The number of amides is 1. The van der Waals surface area contributed by atoms with Crippen molar-refractivity contribution in [3.05, 3.63) is 47.0 Å². The van der Waals surface area contributed by atoms with E-state index in [1.807, 2.05) is 6.21 Å². The highest BCUT2D eigenvalue weighted by atomic mass is 19.1. The molecule has 1 aromatic heterocycles. The molecule has 1 aromatic carbocycles. The predicted octanol–water partition coefficient (Wildman–Crippen LogP) is 1.97. The lowest BCUT2D eigenvalue weighted by molar-refractivity contribution is -0.541. The number of carbonyl (C=O) groups is 1. The first kappa shape index (κ1) is 22.0. The summed E-state index contributed by atoms with van der Waals surface area (Å²) in [6.07, 6.45) is 6.33. The molecule has 0 bridgehead atoms. The summed E-state index contributed by atoms with van der Waals surface area (Å²) in [7, 11) is 2.91. The van der Waals surface area contributed by atoms with Gasteiger partial charge in [-0.15, -0.1) is 0 Å². The Balaban J connectivity index is 1.38. The number of halogens is 1. The van der Waals surface area contributed by atoms with Gasteiger partial charge in [-0.3, -0.25) is 4.79 Å². The molecule has 3 heterocycles. The van der Waals surface area contributed by atoms with Gasteiger partial charge >= 0.3 is 0 Å². The van der Waals surface area contributed by atoms with Crippen LogP contribution >= 0.6 is 0 Å². The summed E-state index contributed by atoms with van der Waals surface area (Å²) < 4.78 is 27.2. The Hall–Kier alpha value is -3.20. The fraction of sp³-hybridized carbons (Fsp3) is 0.435. The Morgan fingerprint density at radius 3 is 2.62 bits per heavy atom. The molecule has 0 spiro atoms. The van der Waals surface area contributed by atoms with Gasteiger partial charge in [-0.2, -0.15) is 0 Å². The van der Waals surface area contributed by atoms with Crippen molar-refractivity contribution in [2.45, 2.75) is 19.8 Å². The van der Waals surface area contributed by atoms with Crippen LogP contribution in [0.1, 0.15) is 28.4 Å². The van der Waals surface area contributed by atoms with Crippen molar-refractivity contribution in [2.75, 3.05) is 40.5 Å². The van der Waals surface area contributed by atoms with Crippen LogP contribution < -0.4 is 10.1 Å².